The highest BCUT2D eigenvalue weighted by molar-refractivity contribution is 5.25. The van der Waals surface area contributed by atoms with Crippen LogP contribution in [0.15, 0.2) is 24.3 Å². The zero-order valence-corrected chi connectivity index (χ0v) is 13.9. The van der Waals surface area contributed by atoms with Gasteiger partial charge in [-0.1, -0.05) is 45.0 Å². The van der Waals surface area contributed by atoms with E-state index in [9.17, 15) is 0 Å². The molecule has 2 nitrogen and oxygen atoms in total. The summed E-state index contributed by atoms with van der Waals surface area (Å²) in [5.41, 5.74) is 2.87. The first-order valence-corrected chi connectivity index (χ1v) is 8.63. The minimum absolute atomic E-state index is 0.509. The molecule has 1 N–H and O–H groups in total. The zero-order valence-electron chi connectivity index (χ0n) is 13.9. The molecule has 0 amide bonds. The molecule has 0 saturated carbocycles. The lowest BCUT2D eigenvalue weighted by Gasteiger charge is -2.20. The Hall–Kier alpha value is -0.860. The second-order valence-corrected chi connectivity index (χ2v) is 6.57. The third-order valence-corrected chi connectivity index (χ3v) is 4.48. The number of nitrogens with one attached hydrogen (secondary N) is 1. The first-order chi connectivity index (χ1) is 10.2. The van der Waals surface area contributed by atoms with E-state index >= 15 is 0 Å². The summed E-state index contributed by atoms with van der Waals surface area (Å²) in [6.45, 7) is 8.70. The molecule has 2 rings (SSSR count). The van der Waals surface area contributed by atoms with Crippen molar-refractivity contribution in [1.82, 2.24) is 5.32 Å². The maximum atomic E-state index is 5.75. The summed E-state index contributed by atoms with van der Waals surface area (Å²) in [6, 6.07) is 9.73. The van der Waals surface area contributed by atoms with Crippen LogP contribution in [-0.4, -0.2) is 25.3 Å². The quantitative estimate of drug-likeness (QED) is 0.771. The maximum Gasteiger partial charge on any atom is 0.0576 e. The van der Waals surface area contributed by atoms with Gasteiger partial charge in [-0.05, 0) is 55.7 Å². The Bertz CT molecular complexity index is 393. The van der Waals surface area contributed by atoms with Crippen LogP contribution in [0.25, 0.3) is 0 Å². The molecule has 2 unspecified atom stereocenters. The topological polar surface area (TPSA) is 21.3 Å². The van der Waals surface area contributed by atoms with Crippen molar-refractivity contribution in [3.8, 4) is 0 Å². The summed E-state index contributed by atoms with van der Waals surface area (Å²) in [4.78, 5) is 0. The van der Waals surface area contributed by atoms with Crippen LogP contribution in [0.3, 0.4) is 0 Å². The van der Waals surface area contributed by atoms with Gasteiger partial charge in [0.2, 0.25) is 0 Å². The lowest BCUT2D eigenvalue weighted by molar-refractivity contribution is 0.0996. The fraction of sp³-hybridized carbons (Fsp3) is 0.684. The van der Waals surface area contributed by atoms with Crippen LogP contribution >= 0.6 is 0 Å². The van der Waals surface area contributed by atoms with Crippen LogP contribution in [0.2, 0.25) is 0 Å². The molecule has 0 aliphatic carbocycles. The van der Waals surface area contributed by atoms with Gasteiger partial charge >= 0.3 is 0 Å². The summed E-state index contributed by atoms with van der Waals surface area (Å²) >= 11 is 0. The highest BCUT2D eigenvalue weighted by Gasteiger charge is 2.17. The molecule has 2 atom stereocenters. The van der Waals surface area contributed by atoms with E-state index in [1.807, 2.05) is 0 Å². The number of benzene rings is 1. The number of ether oxygens (including phenoxy) is 1. The molecule has 1 aromatic carbocycles. The molecule has 1 aliphatic heterocycles. The third-order valence-electron chi connectivity index (χ3n) is 4.48. The van der Waals surface area contributed by atoms with E-state index in [4.69, 9.17) is 4.74 Å². The van der Waals surface area contributed by atoms with Gasteiger partial charge in [-0.3, -0.25) is 0 Å². The molecule has 118 valence electrons. The normalized spacial score (nSPS) is 20.1. The van der Waals surface area contributed by atoms with E-state index < -0.39 is 0 Å². The van der Waals surface area contributed by atoms with E-state index in [0.717, 1.165) is 19.6 Å². The van der Waals surface area contributed by atoms with Gasteiger partial charge in [0.1, 0.15) is 0 Å². The Kier molecular flexibility index (Phi) is 6.72. The second-order valence-electron chi connectivity index (χ2n) is 6.57. The average molecular weight is 289 g/mol. The van der Waals surface area contributed by atoms with Crippen molar-refractivity contribution < 1.29 is 4.74 Å². The van der Waals surface area contributed by atoms with Crippen molar-refractivity contribution in [3.05, 3.63) is 35.4 Å². The SMILES string of the molecule is CCNC(CCC1CCCO1)Cc1ccc(C(C)C)cc1. The Morgan fingerprint density at radius 2 is 2.00 bits per heavy atom. The Morgan fingerprint density at radius 3 is 2.57 bits per heavy atom. The molecule has 1 heterocycles. The van der Waals surface area contributed by atoms with Gasteiger partial charge in [-0.15, -0.1) is 0 Å². The number of hydrogen-bond donors (Lipinski definition) is 1. The summed E-state index contributed by atoms with van der Waals surface area (Å²) in [5.74, 6) is 0.614. The van der Waals surface area contributed by atoms with Crippen LogP contribution < -0.4 is 5.32 Å². The van der Waals surface area contributed by atoms with Crippen molar-refractivity contribution >= 4 is 0 Å². The number of hydrogen-bond acceptors (Lipinski definition) is 2. The highest BCUT2D eigenvalue weighted by atomic mass is 16.5. The third kappa shape index (κ3) is 5.44. The van der Waals surface area contributed by atoms with Crippen LogP contribution in [0.5, 0.6) is 0 Å². The largest absolute Gasteiger partial charge is 0.378 e. The first kappa shape index (κ1) is 16.5. The Balaban J connectivity index is 1.85. The maximum absolute atomic E-state index is 5.75. The average Bonchev–Trinajstić information content (AvgIpc) is 2.99. The molecule has 0 spiro atoms. The van der Waals surface area contributed by atoms with Crippen LogP contribution in [0, 0.1) is 0 Å². The van der Waals surface area contributed by atoms with Gasteiger partial charge in [0.15, 0.2) is 0 Å². The molecular weight excluding hydrogens is 258 g/mol. The standard InChI is InChI=1S/C19H31NO/c1-4-20-18(11-12-19-6-5-13-21-19)14-16-7-9-17(10-8-16)15(2)3/h7-10,15,18-20H,4-6,11-14H2,1-3H3. The summed E-state index contributed by atoms with van der Waals surface area (Å²) in [7, 11) is 0. The Labute approximate surface area is 130 Å². The molecule has 0 radical (unpaired) electrons. The number of likely N-dealkylation sites (N-methyl/N-ethyl adjacent to an activating group) is 1. The van der Waals surface area contributed by atoms with Crippen molar-refractivity contribution in [2.45, 2.75) is 70.9 Å². The second kappa shape index (κ2) is 8.55. The molecule has 1 aliphatic rings. The van der Waals surface area contributed by atoms with Gasteiger partial charge in [0.05, 0.1) is 6.10 Å². The highest BCUT2D eigenvalue weighted by Crippen LogP contribution is 2.20. The van der Waals surface area contributed by atoms with E-state index in [-0.39, 0.29) is 0 Å². The predicted octanol–water partition coefficient (Wildman–Crippen LogP) is 4.29. The molecule has 1 saturated heterocycles. The van der Waals surface area contributed by atoms with Gasteiger partial charge in [-0.25, -0.2) is 0 Å². The van der Waals surface area contributed by atoms with Gasteiger partial charge in [0, 0.05) is 12.6 Å². The lowest BCUT2D eigenvalue weighted by Crippen LogP contribution is -2.32. The van der Waals surface area contributed by atoms with Crippen molar-refractivity contribution in [2.24, 2.45) is 0 Å². The Morgan fingerprint density at radius 1 is 1.24 bits per heavy atom. The summed E-state index contributed by atoms with van der Waals surface area (Å²) in [5, 5.41) is 3.64. The predicted molar refractivity (Wildman–Crippen MR) is 89.9 cm³/mol. The minimum atomic E-state index is 0.509. The molecule has 21 heavy (non-hydrogen) atoms. The van der Waals surface area contributed by atoms with Crippen LogP contribution in [-0.2, 0) is 11.2 Å². The van der Waals surface area contributed by atoms with Crippen molar-refractivity contribution in [1.29, 1.82) is 0 Å². The molecule has 1 fully saturated rings. The summed E-state index contributed by atoms with van der Waals surface area (Å²) in [6.07, 6.45) is 6.54. The van der Waals surface area contributed by atoms with Crippen LogP contribution in [0.4, 0.5) is 0 Å². The molecule has 0 aromatic heterocycles. The molecule has 2 heteroatoms. The number of rotatable bonds is 8. The minimum Gasteiger partial charge on any atom is -0.378 e. The van der Waals surface area contributed by atoms with Gasteiger partial charge in [-0.2, -0.15) is 0 Å². The van der Waals surface area contributed by atoms with Gasteiger partial charge < -0.3 is 10.1 Å². The summed E-state index contributed by atoms with van der Waals surface area (Å²) < 4.78 is 5.75. The first-order valence-electron chi connectivity index (χ1n) is 8.63. The fourth-order valence-corrected chi connectivity index (χ4v) is 3.15. The fourth-order valence-electron chi connectivity index (χ4n) is 3.15. The lowest BCUT2D eigenvalue weighted by atomic mass is 9.96. The monoisotopic (exact) mass is 289 g/mol. The van der Waals surface area contributed by atoms with E-state index in [0.29, 0.717) is 18.1 Å². The van der Waals surface area contributed by atoms with E-state index in [1.165, 1.54) is 36.8 Å². The van der Waals surface area contributed by atoms with E-state index in [2.05, 4.69) is 50.4 Å². The smallest absolute Gasteiger partial charge is 0.0576 e. The van der Waals surface area contributed by atoms with E-state index in [1.54, 1.807) is 0 Å². The molecular formula is C19H31NO. The molecule has 1 aromatic rings. The van der Waals surface area contributed by atoms with Crippen LogP contribution in [0.1, 0.15) is 63.5 Å². The zero-order chi connectivity index (χ0) is 15.1. The van der Waals surface area contributed by atoms with Crippen molar-refractivity contribution in [3.63, 3.8) is 0 Å². The van der Waals surface area contributed by atoms with Gasteiger partial charge in [0.25, 0.3) is 0 Å². The molecule has 0 bridgehead atoms. The van der Waals surface area contributed by atoms with Crippen molar-refractivity contribution in [2.75, 3.05) is 13.2 Å².